The number of benzene rings is 1. The second-order valence-electron chi connectivity index (χ2n) is 7.37. The Morgan fingerprint density at radius 2 is 2.00 bits per heavy atom. The van der Waals surface area contributed by atoms with Crippen LogP contribution in [0, 0.1) is 5.82 Å². The molecule has 1 aromatic carbocycles. The maximum absolute atomic E-state index is 13.4. The van der Waals surface area contributed by atoms with Gasteiger partial charge < -0.3 is 9.15 Å². The molecule has 27 heavy (non-hydrogen) atoms. The molecule has 0 spiro atoms. The predicted octanol–water partition coefficient (Wildman–Crippen LogP) is 2.95. The van der Waals surface area contributed by atoms with Crippen LogP contribution in [0.25, 0.3) is 11.5 Å². The summed E-state index contributed by atoms with van der Waals surface area (Å²) >= 11 is 0. The number of morpholine rings is 1. The fourth-order valence-electron chi connectivity index (χ4n) is 3.98. The lowest BCUT2D eigenvalue weighted by molar-refractivity contribution is 0.0296. The van der Waals surface area contributed by atoms with Crippen LogP contribution in [0.4, 0.5) is 4.39 Å². The second-order valence-corrected chi connectivity index (χ2v) is 7.37. The van der Waals surface area contributed by atoms with Crippen molar-refractivity contribution < 1.29 is 13.5 Å². The molecule has 7 heteroatoms. The highest BCUT2D eigenvalue weighted by atomic mass is 19.1. The number of hydrogen-bond donors (Lipinski definition) is 0. The number of aromatic nitrogens is 2. The predicted molar refractivity (Wildman–Crippen MR) is 99.6 cm³/mol. The van der Waals surface area contributed by atoms with Gasteiger partial charge in [0.25, 0.3) is 0 Å². The van der Waals surface area contributed by atoms with E-state index in [1.165, 1.54) is 31.4 Å². The fourth-order valence-corrected chi connectivity index (χ4v) is 3.98. The zero-order valence-electron chi connectivity index (χ0n) is 15.6. The van der Waals surface area contributed by atoms with E-state index in [2.05, 4.69) is 20.0 Å². The van der Waals surface area contributed by atoms with Crippen molar-refractivity contribution in [1.82, 2.24) is 20.0 Å². The molecule has 1 aromatic heterocycles. The number of rotatable bonds is 6. The van der Waals surface area contributed by atoms with Crippen LogP contribution < -0.4 is 0 Å². The summed E-state index contributed by atoms with van der Waals surface area (Å²) in [5.41, 5.74) is 0.622. The molecule has 2 aliphatic rings. The molecular formula is C20H27FN4O2. The summed E-state index contributed by atoms with van der Waals surface area (Å²) in [4.78, 5) is 4.96. The summed E-state index contributed by atoms with van der Waals surface area (Å²) < 4.78 is 24.7. The van der Waals surface area contributed by atoms with Gasteiger partial charge >= 0.3 is 0 Å². The van der Waals surface area contributed by atoms with E-state index in [9.17, 15) is 4.39 Å². The maximum atomic E-state index is 13.4. The van der Waals surface area contributed by atoms with Crippen molar-refractivity contribution >= 4 is 0 Å². The SMILES string of the molecule is Fc1cccc(-c2nnc(CN3CCCCC3CCN3CCOCC3)o2)c1. The minimum absolute atomic E-state index is 0.300. The first-order valence-electron chi connectivity index (χ1n) is 9.90. The molecule has 2 saturated heterocycles. The Hall–Kier alpha value is -1.83. The summed E-state index contributed by atoms with van der Waals surface area (Å²) in [6.45, 7) is 6.60. The monoisotopic (exact) mass is 374 g/mol. The van der Waals surface area contributed by atoms with E-state index >= 15 is 0 Å². The third-order valence-electron chi connectivity index (χ3n) is 5.51. The van der Waals surface area contributed by atoms with Crippen LogP contribution in [0.1, 0.15) is 31.6 Å². The van der Waals surface area contributed by atoms with E-state index < -0.39 is 0 Å². The number of hydrogen-bond acceptors (Lipinski definition) is 6. The normalized spacial score (nSPS) is 22.2. The quantitative estimate of drug-likeness (QED) is 0.775. The molecule has 3 heterocycles. The second kappa shape index (κ2) is 8.91. The molecule has 0 bridgehead atoms. The zero-order valence-corrected chi connectivity index (χ0v) is 15.6. The first-order valence-corrected chi connectivity index (χ1v) is 9.90. The molecule has 2 aliphatic heterocycles. The Morgan fingerprint density at radius 1 is 1.11 bits per heavy atom. The zero-order chi connectivity index (χ0) is 18.5. The minimum atomic E-state index is -0.300. The molecule has 0 amide bonds. The first-order chi connectivity index (χ1) is 13.3. The van der Waals surface area contributed by atoms with Crippen molar-refractivity contribution in [3.63, 3.8) is 0 Å². The lowest BCUT2D eigenvalue weighted by atomic mass is 9.99. The van der Waals surface area contributed by atoms with Gasteiger partial charge in [0.1, 0.15) is 5.82 Å². The van der Waals surface area contributed by atoms with E-state index in [4.69, 9.17) is 9.15 Å². The largest absolute Gasteiger partial charge is 0.419 e. The van der Waals surface area contributed by atoms with Crippen LogP contribution >= 0.6 is 0 Å². The lowest BCUT2D eigenvalue weighted by Crippen LogP contribution is -2.43. The molecule has 6 nitrogen and oxygen atoms in total. The third-order valence-corrected chi connectivity index (χ3v) is 5.51. The van der Waals surface area contributed by atoms with E-state index in [1.54, 1.807) is 12.1 Å². The van der Waals surface area contributed by atoms with E-state index in [-0.39, 0.29) is 5.82 Å². The van der Waals surface area contributed by atoms with Gasteiger partial charge in [-0.05, 0) is 50.6 Å². The maximum Gasteiger partial charge on any atom is 0.247 e. The van der Waals surface area contributed by atoms with Crippen molar-refractivity contribution in [1.29, 1.82) is 0 Å². The molecule has 1 atom stereocenters. The fraction of sp³-hybridized carbons (Fsp3) is 0.600. The van der Waals surface area contributed by atoms with Gasteiger partial charge in [-0.15, -0.1) is 10.2 Å². The van der Waals surface area contributed by atoms with Crippen molar-refractivity contribution in [3.8, 4) is 11.5 Å². The highest BCUT2D eigenvalue weighted by molar-refractivity contribution is 5.52. The molecular weight excluding hydrogens is 347 g/mol. The number of piperidine rings is 1. The topological polar surface area (TPSA) is 54.6 Å². The van der Waals surface area contributed by atoms with Crippen molar-refractivity contribution in [2.45, 2.75) is 38.3 Å². The number of nitrogens with zero attached hydrogens (tertiary/aromatic N) is 4. The first kappa shape index (κ1) is 18.5. The summed E-state index contributed by atoms with van der Waals surface area (Å²) in [6, 6.07) is 6.82. The Bertz CT molecular complexity index is 732. The standard InChI is InChI=1S/C20H27FN4O2/c21-17-5-3-4-16(14-17)20-23-22-19(27-20)15-25-8-2-1-6-18(25)7-9-24-10-12-26-13-11-24/h3-5,14,18H,1-2,6-13,15H2. The molecule has 1 unspecified atom stereocenters. The molecule has 146 valence electrons. The molecule has 2 aromatic rings. The van der Waals surface area contributed by atoms with Gasteiger partial charge in [-0.1, -0.05) is 12.5 Å². The van der Waals surface area contributed by atoms with Crippen molar-refractivity contribution in [3.05, 3.63) is 36.0 Å². The number of ether oxygens (including phenoxy) is 1. The highest BCUT2D eigenvalue weighted by Gasteiger charge is 2.25. The van der Waals surface area contributed by atoms with Gasteiger partial charge in [0.15, 0.2) is 0 Å². The third kappa shape index (κ3) is 4.91. The molecule has 0 radical (unpaired) electrons. The van der Waals surface area contributed by atoms with Gasteiger partial charge in [0.05, 0.1) is 19.8 Å². The van der Waals surface area contributed by atoms with Crippen LogP contribution in [0.15, 0.2) is 28.7 Å². The van der Waals surface area contributed by atoms with E-state index in [1.807, 2.05) is 0 Å². The Labute approximate surface area is 159 Å². The molecule has 0 aliphatic carbocycles. The summed E-state index contributed by atoms with van der Waals surface area (Å²) in [5, 5.41) is 8.30. The van der Waals surface area contributed by atoms with Crippen molar-refractivity contribution in [2.75, 3.05) is 39.4 Å². The van der Waals surface area contributed by atoms with Crippen LogP contribution in [-0.4, -0.2) is 65.4 Å². The summed E-state index contributed by atoms with van der Waals surface area (Å²) in [5.74, 6) is 0.686. The van der Waals surface area contributed by atoms with Crippen LogP contribution in [0.2, 0.25) is 0 Å². The van der Waals surface area contributed by atoms with E-state index in [0.29, 0.717) is 29.9 Å². The molecule has 2 fully saturated rings. The average molecular weight is 374 g/mol. The summed E-state index contributed by atoms with van der Waals surface area (Å²) in [7, 11) is 0. The van der Waals surface area contributed by atoms with Crippen LogP contribution in [-0.2, 0) is 11.3 Å². The number of halogens is 1. The lowest BCUT2D eigenvalue weighted by Gasteiger charge is -2.36. The summed E-state index contributed by atoms with van der Waals surface area (Å²) in [6.07, 6.45) is 4.86. The minimum Gasteiger partial charge on any atom is -0.419 e. The van der Waals surface area contributed by atoms with Gasteiger partial charge in [0, 0.05) is 24.7 Å². The Morgan fingerprint density at radius 3 is 2.85 bits per heavy atom. The van der Waals surface area contributed by atoms with Crippen molar-refractivity contribution in [2.24, 2.45) is 0 Å². The average Bonchev–Trinajstić information content (AvgIpc) is 3.17. The van der Waals surface area contributed by atoms with Crippen LogP contribution in [0.5, 0.6) is 0 Å². The molecule has 4 rings (SSSR count). The van der Waals surface area contributed by atoms with Gasteiger partial charge in [-0.25, -0.2) is 4.39 Å². The molecule has 0 saturated carbocycles. The number of likely N-dealkylation sites (tertiary alicyclic amines) is 1. The Kier molecular flexibility index (Phi) is 6.11. The van der Waals surface area contributed by atoms with Gasteiger partial charge in [-0.2, -0.15) is 0 Å². The van der Waals surface area contributed by atoms with Gasteiger partial charge in [0.2, 0.25) is 11.8 Å². The molecule has 0 N–H and O–H groups in total. The van der Waals surface area contributed by atoms with Gasteiger partial charge in [-0.3, -0.25) is 9.80 Å². The smallest absolute Gasteiger partial charge is 0.247 e. The van der Waals surface area contributed by atoms with E-state index in [0.717, 1.165) is 45.8 Å². The van der Waals surface area contributed by atoms with Crippen LogP contribution in [0.3, 0.4) is 0 Å². The highest BCUT2D eigenvalue weighted by Crippen LogP contribution is 2.24. The Balaban J connectivity index is 1.36.